The molecule has 0 aromatic heterocycles. The standard InChI is InChI=1S/C16H28N2O/c1-16(2,3)17-13-14-7-9-15(10-8-14)19-12-6-11-18(4)5/h7-10,17H,6,11-13H2,1-5H3. The van der Waals surface area contributed by atoms with Crippen LogP contribution in [0, 0.1) is 0 Å². The van der Waals surface area contributed by atoms with E-state index in [0.29, 0.717) is 0 Å². The zero-order valence-electron chi connectivity index (χ0n) is 13.0. The lowest BCUT2D eigenvalue weighted by atomic mass is 10.1. The van der Waals surface area contributed by atoms with Crippen molar-refractivity contribution in [3.8, 4) is 5.75 Å². The molecule has 1 rings (SSSR count). The van der Waals surface area contributed by atoms with Gasteiger partial charge in [0.2, 0.25) is 0 Å². The fourth-order valence-corrected chi connectivity index (χ4v) is 1.64. The van der Waals surface area contributed by atoms with Gasteiger partial charge in [-0.25, -0.2) is 0 Å². The van der Waals surface area contributed by atoms with Crippen LogP contribution in [0.2, 0.25) is 0 Å². The second-order valence-electron chi connectivity index (χ2n) is 6.25. The van der Waals surface area contributed by atoms with Gasteiger partial charge in [0.15, 0.2) is 0 Å². The van der Waals surface area contributed by atoms with Gasteiger partial charge in [-0.15, -0.1) is 0 Å². The maximum absolute atomic E-state index is 5.71. The van der Waals surface area contributed by atoms with Crippen molar-refractivity contribution in [2.75, 3.05) is 27.2 Å². The first-order valence-corrected chi connectivity index (χ1v) is 6.98. The fourth-order valence-electron chi connectivity index (χ4n) is 1.64. The summed E-state index contributed by atoms with van der Waals surface area (Å²) in [6.07, 6.45) is 1.06. The molecule has 3 nitrogen and oxygen atoms in total. The smallest absolute Gasteiger partial charge is 0.119 e. The molecule has 1 aromatic rings. The van der Waals surface area contributed by atoms with E-state index in [2.05, 4.69) is 69.3 Å². The van der Waals surface area contributed by atoms with E-state index in [-0.39, 0.29) is 5.54 Å². The van der Waals surface area contributed by atoms with Crippen LogP contribution >= 0.6 is 0 Å². The molecule has 0 bridgehead atoms. The molecule has 0 aliphatic carbocycles. The molecule has 108 valence electrons. The summed E-state index contributed by atoms with van der Waals surface area (Å²) in [6.45, 7) is 9.26. The first-order chi connectivity index (χ1) is 8.87. The van der Waals surface area contributed by atoms with Crippen LogP contribution in [0.5, 0.6) is 5.75 Å². The van der Waals surface area contributed by atoms with Crippen LogP contribution in [-0.4, -0.2) is 37.7 Å². The Morgan fingerprint density at radius 1 is 1.11 bits per heavy atom. The van der Waals surface area contributed by atoms with Crippen LogP contribution in [-0.2, 0) is 6.54 Å². The van der Waals surface area contributed by atoms with E-state index in [1.807, 2.05) is 0 Å². The van der Waals surface area contributed by atoms with Crippen LogP contribution in [0.15, 0.2) is 24.3 Å². The molecule has 0 fully saturated rings. The summed E-state index contributed by atoms with van der Waals surface area (Å²) in [5.74, 6) is 0.957. The fraction of sp³-hybridized carbons (Fsp3) is 0.625. The lowest BCUT2D eigenvalue weighted by molar-refractivity contribution is 0.281. The zero-order valence-corrected chi connectivity index (χ0v) is 13.0. The van der Waals surface area contributed by atoms with Crippen molar-refractivity contribution in [2.45, 2.75) is 39.3 Å². The van der Waals surface area contributed by atoms with Gasteiger partial charge in [-0.05, 0) is 59.0 Å². The Kier molecular flexibility index (Phi) is 6.32. The number of nitrogens with zero attached hydrogens (tertiary/aromatic N) is 1. The van der Waals surface area contributed by atoms with Crippen molar-refractivity contribution in [3.63, 3.8) is 0 Å². The first kappa shape index (κ1) is 16.0. The minimum absolute atomic E-state index is 0.154. The number of hydrogen-bond donors (Lipinski definition) is 1. The topological polar surface area (TPSA) is 24.5 Å². The highest BCUT2D eigenvalue weighted by Gasteiger charge is 2.08. The van der Waals surface area contributed by atoms with E-state index in [1.54, 1.807) is 0 Å². The van der Waals surface area contributed by atoms with Crippen LogP contribution in [0.4, 0.5) is 0 Å². The van der Waals surface area contributed by atoms with E-state index in [0.717, 1.165) is 31.9 Å². The quantitative estimate of drug-likeness (QED) is 0.766. The molecular formula is C16H28N2O. The predicted octanol–water partition coefficient (Wildman–Crippen LogP) is 2.91. The van der Waals surface area contributed by atoms with Crippen molar-refractivity contribution in [2.24, 2.45) is 0 Å². The molecule has 0 spiro atoms. The molecule has 0 heterocycles. The summed E-state index contributed by atoms with van der Waals surface area (Å²) in [7, 11) is 4.16. The molecule has 0 saturated carbocycles. The Labute approximate surface area is 118 Å². The van der Waals surface area contributed by atoms with Crippen LogP contribution < -0.4 is 10.1 Å². The minimum Gasteiger partial charge on any atom is -0.494 e. The third-order valence-electron chi connectivity index (χ3n) is 2.76. The molecule has 19 heavy (non-hydrogen) atoms. The van der Waals surface area contributed by atoms with Gasteiger partial charge in [-0.3, -0.25) is 0 Å². The molecule has 0 saturated heterocycles. The van der Waals surface area contributed by atoms with Crippen molar-refractivity contribution in [1.29, 1.82) is 0 Å². The second-order valence-corrected chi connectivity index (χ2v) is 6.25. The molecule has 0 radical (unpaired) electrons. The van der Waals surface area contributed by atoms with Gasteiger partial charge in [-0.2, -0.15) is 0 Å². The highest BCUT2D eigenvalue weighted by Crippen LogP contribution is 2.13. The van der Waals surface area contributed by atoms with Gasteiger partial charge in [0, 0.05) is 18.6 Å². The Hall–Kier alpha value is -1.06. The van der Waals surface area contributed by atoms with Gasteiger partial charge >= 0.3 is 0 Å². The van der Waals surface area contributed by atoms with Gasteiger partial charge in [0.05, 0.1) is 6.61 Å². The average molecular weight is 264 g/mol. The predicted molar refractivity (Wildman–Crippen MR) is 81.7 cm³/mol. The van der Waals surface area contributed by atoms with E-state index >= 15 is 0 Å². The minimum atomic E-state index is 0.154. The largest absolute Gasteiger partial charge is 0.494 e. The molecule has 0 unspecified atom stereocenters. The third kappa shape index (κ3) is 7.85. The number of benzene rings is 1. The van der Waals surface area contributed by atoms with E-state index < -0.39 is 0 Å². The Morgan fingerprint density at radius 2 is 1.74 bits per heavy atom. The molecule has 1 N–H and O–H groups in total. The number of nitrogens with one attached hydrogen (secondary N) is 1. The van der Waals surface area contributed by atoms with E-state index in [4.69, 9.17) is 4.74 Å². The third-order valence-corrected chi connectivity index (χ3v) is 2.76. The van der Waals surface area contributed by atoms with E-state index in [1.165, 1.54) is 5.56 Å². The summed E-state index contributed by atoms with van der Waals surface area (Å²) in [4.78, 5) is 2.17. The van der Waals surface area contributed by atoms with E-state index in [9.17, 15) is 0 Å². The summed E-state index contributed by atoms with van der Waals surface area (Å²) in [5, 5.41) is 3.48. The molecule has 0 aliphatic rings. The normalized spacial score (nSPS) is 11.9. The highest BCUT2D eigenvalue weighted by atomic mass is 16.5. The summed E-state index contributed by atoms with van der Waals surface area (Å²) >= 11 is 0. The number of hydrogen-bond acceptors (Lipinski definition) is 3. The monoisotopic (exact) mass is 264 g/mol. The maximum Gasteiger partial charge on any atom is 0.119 e. The summed E-state index contributed by atoms with van der Waals surface area (Å²) in [5.41, 5.74) is 1.44. The zero-order chi connectivity index (χ0) is 14.3. The Bertz CT molecular complexity index is 352. The lowest BCUT2D eigenvalue weighted by Gasteiger charge is -2.20. The molecule has 1 aromatic carbocycles. The van der Waals surface area contributed by atoms with Crippen molar-refractivity contribution >= 4 is 0 Å². The van der Waals surface area contributed by atoms with Crippen molar-refractivity contribution in [1.82, 2.24) is 10.2 Å². The summed E-state index contributed by atoms with van der Waals surface area (Å²) < 4.78 is 5.71. The van der Waals surface area contributed by atoms with Crippen molar-refractivity contribution in [3.05, 3.63) is 29.8 Å². The molecule has 3 heteroatoms. The lowest BCUT2D eigenvalue weighted by Crippen LogP contribution is -2.35. The first-order valence-electron chi connectivity index (χ1n) is 6.98. The molecule has 0 aliphatic heterocycles. The van der Waals surface area contributed by atoms with Crippen molar-refractivity contribution < 1.29 is 4.74 Å². The van der Waals surface area contributed by atoms with Crippen LogP contribution in [0.25, 0.3) is 0 Å². The molecule has 0 atom stereocenters. The maximum atomic E-state index is 5.71. The van der Waals surface area contributed by atoms with Gasteiger partial charge in [0.1, 0.15) is 5.75 Å². The Balaban J connectivity index is 2.31. The van der Waals surface area contributed by atoms with Crippen LogP contribution in [0.3, 0.4) is 0 Å². The number of rotatable bonds is 7. The number of ether oxygens (including phenoxy) is 1. The second kappa shape index (κ2) is 7.51. The van der Waals surface area contributed by atoms with Crippen LogP contribution in [0.1, 0.15) is 32.8 Å². The van der Waals surface area contributed by atoms with Gasteiger partial charge < -0.3 is 15.0 Å². The SMILES string of the molecule is CN(C)CCCOc1ccc(CNC(C)(C)C)cc1. The molecular weight excluding hydrogens is 236 g/mol. The average Bonchev–Trinajstić information content (AvgIpc) is 2.32. The summed E-state index contributed by atoms with van der Waals surface area (Å²) in [6, 6.07) is 8.35. The Morgan fingerprint density at radius 3 is 2.26 bits per heavy atom. The molecule has 0 amide bonds. The van der Waals surface area contributed by atoms with Gasteiger partial charge in [0.25, 0.3) is 0 Å². The van der Waals surface area contributed by atoms with Gasteiger partial charge in [-0.1, -0.05) is 12.1 Å². The highest BCUT2D eigenvalue weighted by molar-refractivity contribution is 5.27.